The molecule has 122 valence electrons. The zero-order chi connectivity index (χ0) is 16.7. The first-order valence-electron chi connectivity index (χ1n) is 7.27. The molecule has 3 nitrogen and oxygen atoms in total. The first kappa shape index (κ1) is 17.7. The molecule has 1 aromatic carbocycles. The van der Waals surface area contributed by atoms with Crippen LogP contribution < -0.4 is 10.2 Å². The monoisotopic (exact) mass is 353 g/mol. The summed E-state index contributed by atoms with van der Waals surface area (Å²) in [6, 6.07) is 10.2. The first-order chi connectivity index (χ1) is 11.1. The molecule has 1 heterocycles. The Morgan fingerprint density at radius 2 is 2.13 bits per heavy atom. The van der Waals surface area contributed by atoms with Crippen LogP contribution in [0.15, 0.2) is 49.1 Å². The number of thiophene rings is 1. The van der Waals surface area contributed by atoms with Crippen molar-refractivity contribution in [3.63, 3.8) is 0 Å². The minimum atomic E-state index is -0.309. The average Bonchev–Trinajstić information content (AvgIpc) is 2.92. The zero-order valence-corrected chi connectivity index (χ0v) is 14.2. The number of carbonyl (C=O) groups is 1. The van der Waals surface area contributed by atoms with E-state index in [-0.39, 0.29) is 18.3 Å². The van der Waals surface area contributed by atoms with E-state index in [1.807, 2.05) is 12.1 Å². The quantitative estimate of drug-likeness (QED) is 0.702. The van der Waals surface area contributed by atoms with Crippen LogP contribution >= 0.6 is 22.9 Å². The van der Waals surface area contributed by atoms with E-state index in [0.29, 0.717) is 25.2 Å². The predicted molar refractivity (Wildman–Crippen MR) is 92.2 cm³/mol. The van der Waals surface area contributed by atoms with Crippen molar-refractivity contribution in [2.75, 3.05) is 13.1 Å². The maximum absolute atomic E-state index is 13.5. The number of halogens is 2. The minimum absolute atomic E-state index is 0.118. The number of quaternary nitrogens is 1. The van der Waals surface area contributed by atoms with Gasteiger partial charge in [0.05, 0.1) is 15.8 Å². The Morgan fingerprint density at radius 1 is 1.35 bits per heavy atom. The SMILES string of the molecule is C=CC[NH+](CC(=O)NCc1ccccc1F)Cc1ccc(Cl)s1. The Morgan fingerprint density at radius 3 is 2.78 bits per heavy atom. The largest absolute Gasteiger partial charge is 0.347 e. The Balaban J connectivity index is 1.87. The number of hydrogen-bond donors (Lipinski definition) is 2. The number of benzene rings is 1. The fraction of sp³-hybridized carbons (Fsp3) is 0.235. The third-order valence-corrected chi connectivity index (χ3v) is 4.56. The van der Waals surface area contributed by atoms with Crippen molar-refractivity contribution in [3.05, 3.63) is 69.6 Å². The van der Waals surface area contributed by atoms with Crippen molar-refractivity contribution in [3.8, 4) is 0 Å². The van der Waals surface area contributed by atoms with Crippen LogP contribution in [0.3, 0.4) is 0 Å². The van der Waals surface area contributed by atoms with Crippen LogP contribution in [0.25, 0.3) is 0 Å². The molecule has 0 aliphatic rings. The molecule has 0 aliphatic carbocycles. The summed E-state index contributed by atoms with van der Waals surface area (Å²) >= 11 is 7.44. The van der Waals surface area contributed by atoms with Gasteiger partial charge in [-0.25, -0.2) is 4.39 Å². The summed E-state index contributed by atoms with van der Waals surface area (Å²) in [5.41, 5.74) is 0.483. The molecule has 0 saturated heterocycles. The molecular formula is C17H19ClFN2OS+. The van der Waals surface area contributed by atoms with Gasteiger partial charge >= 0.3 is 0 Å². The Hall–Kier alpha value is -1.69. The van der Waals surface area contributed by atoms with E-state index < -0.39 is 0 Å². The van der Waals surface area contributed by atoms with Gasteiger partial charge in [-0.15, -0.1) is 11.3 Å². The van der Waals surface area contributed by atoms with Crippen LogP contribution in [0.4, 0.5) is 4.39 Å². The van der Waals surface area contributed by atoms with Gasteiger partial charge in [-0.2, -0.15) is 0 Å². The molecule has 2 rings (SSSR count). The molecule has 23 heavy (non-hydrogen) atoms. The molecule has 2 N–H and O–H groups in total. The van der Waals surface area contributed by atoms with Gasteiger partial charge in [0, 0.05) is 12.1 Å². The minimum Gasteiger partial charge on any atom is -0.347 e. The number of nitrogens with one attached hydrogen (secondary N) is 2. The summed E-state index contributed by atoms with van der Waals surface area (Å²) in [7, 11) is 0. The first-order valence-corrected chi connectivity index (χ1v) is 8.46. The van der Waals surface area contributed by atoms with Gasteiger partial charge in [0.15, 0.2) is 6.54 Å². The molecule has 1 unspecified atom stereocenters. The zero-order valence-electron chi connectivity index (χ0n) is 12.6. The van der Waals surface area contributed by atoms with Crippen molar-refractivity contribution < 1.29 is 14.1 Å². The van der Waals surface area contributed by atoms with Crippen LogP contribution in [-0.4, -0.2) is 19.0 Å². The molecule has 0 spiro atoms. The highest BCUT2D eigenvalue weighted by molar-refractivity contribution is 7.16. The van der Waals surface area contributed by atoms with Gasteiger partial charge in [-0.1, -0.05) is 36.4 Å². The van der Waals surface area contributed by atoms with Crippen molar-refractivity contribution in [1.29, 1.82) is 0 Å². The normalized spacial score (nSPS) is 11.9. The molecule has 0 saturated carbocycles. The summed E-state index contributed by atoms with van der Waals surface area (Å²) in [6.45, 7) is 5.60. The smallest absolute Gasteiger partial charge is 0.275 e. The van der Waals surface area contributed by atoms with Crippen molar-refractivity contribution in [1.82, 2.24) is 5.32 Å². The summed E-state index contributed by atoms with van der Waals surface area (Å²) in [5, 5.41) is 2.76. The van der Waals surface area contributed by atoms with Gasteiger partial charge in [0.25, 0.3) is 5.91 Å². The molecule has 2 aromatic rings. The van der Waals surface area contributed by atoms with E-state index in [4.69, 9.17) is 11.6 Å². The lowest BCUT2D eigenvalue weighted by Gasteiger charge is -2.16. The van der Waals surface area contributed by atoms with Crippen LogP contribution in [-0.2, 0) is 17.9 Å². The molecule has 1 aromatic heterocycles. The summed E-state index contributed by atoms with van der Waals surface area (Å²) in [6.07, 6.45) is 1.79. The fourth-order valence-electron chi connectivity index (χ4n) is 2.23. The number of carbonyl (C=O) groups excluding carboxylic acids is 1. The molecule has 6 heteroatoms. The van der Waals surface area contributed by atoms with Crippen molar-refractivity contribution in [2.24, 2.45) is 0 Å². The topological polar surface area (TPSA) is 33.5 Å². The van der Waals surface area contributed by atoms with Gasteiger partial charge < -0.3 is 10.2 Å². The van der Waals surface area contributed by atoms with E-state index in [0.717, 1.165) is 14.1 Å². The highest BCUT2D eigenvalue weighted by Gasteiger charge is 2.15. The Bertz CT molecular complexity index is 674. The maximum Gasteiger partial charge on any atom is 0.275 e. The van der Waals surface area contributed by atoms with Crippen LogP contribution in [0.1, 0.15) is 10.4 Å². The summed E-state index contributed by atoms with van der Waals surface area (Å²) in [4.78, 5) is 14.3. The molecule has 1 amide bonds. The van der Waals surface area contributed by atoms with Gasteiger partial charge in [-0.3, -0.25) is 4.79 Å². The summed E-state index contributed by atoms with van der Waals surface area (Å²) < 4.78 is 14.3. The molecule has 0 bridgehead atoms. The van der Waals surface area contributed by atoms with Crippen LogP contribution in [0.2, 0.25) is 4.34 Å². The maximum atomic E-state index is 13.5. The highest BCUT2D eigenvalue weighted by atomic mass is 35.5. The predicted octanol–water partition coefficient (Wildman–Crippen LogP) is 2.43. The lowest BCUT2D eigenvalue weighted by atomic mass is 10.2. The van der Waals surface area contributed by atoms with Crippen LogP contribution in [0, 0.1) is 5.82 Å². The lowest BCUT2D eigenvalue weighted by molar-refractivity contribution is -0.899. The Labute approximate surface area is 144 Å². The molecule has 0 fully saturated rings. The highest BCUT2D eigenvalue weighted by Crippen LogP contribution is 2.20. The number of hydrogen-bond acceptors (Lipinski definition) is 2. The second-order valence-corrected chi connectivity index (χ2v) is 6.97. The van der Waals surface area contributed by atoms with E-state index in [9.17, 15) is 9.18 Å². The average molecular weight is 354 g/mol. The van der Waals surface area contributed by atoms with Crippen LogP contribution in [0.5, 0.6) is 0 Å². The fourth-order valence-corrected chi connectivity index (χ4v) is 3.39. The van der Waals surface area contributed by atoms with E-state index in [1.165, 1.54) is 17.4 Å². The second kappa shape index (κ2) is 8.82. The summed E-state index contributed by atoms with van der Waals surface area (Å²) in [5.74, 6) is -0.427. The Kier molecular flexibility index (Phi) is 6.77. The van der Waals surface area contributed by atoms with Gasteiger partial charge in [0.2, 0.25) is 0 Å². The number of rotatable bonds is 8. The number of amides is 1. The molecule has 0 aliphatic heterocycles. The van der Waals surface area contributed by atoms with E-state index in [1.54, 1.807) is 24.3 Å². The second-order valence-electron chi connectivity index (χ2n) is 5.17. The van der Waals surface area contributed by atoms with E-state index >= 15 is 0 Å². The standard InChI is InChI=1S/C17H18ClFN2OS/c1-2-9-21(11-14-7-8-16(18)23-14)12-17(22)20-10-13-5-3-4-6-15(13)19/h2-8H,1,9-12H2,(H,20,22)/p+1. The third-order valence-electron chi connectivity index (χ3n) is 3.33. The van der Waals surface area contributed by atoms with Crippen molar-refractivity contribution in [2.45, 2.75) is 13.1 Å². The molecule has 0 radical (unpaired) electrons. The lowest BCUT2D eigenvalue weighted by Crippen LogP contribution is -3.11. The molecular weight excluding hydrogens is 335 g/mol. The van der Waals surface area contributed by atoms with Crippen molar-refractivity contribution >= 4 is 28.8 Å². The van der Waals surface area contributed by atoms with Gasteiger partial charge in [0.1, 0.15) is 12.4 Å². The van der Waals surface area contributed by atoms with E-state index in [2.05, 4.69) is 11.9 Å². The van der Waals surface area contributed by atoms with Gasteiger partial charge in [-0.05, 0) is 24.3 Å². The third kappa shape index (κ3) is 5.78. The molecule has 1 atom stereocenters.